The monoisotopic (exact) mass is 844 g/mol. The molecular formula is C48H56N6O8. The summed E-state index contributed by atoms with van der Waals surface area (Å²) in [7, 11) is 0. The molecule has 9 atom stereocenters. The molecule has 2 aromatic heterocycles. The number of esters is 1. The van der Waals surface area contributed by atoms with Crippen LogP contribution in [-0.2, 0) is 33.5 Å². The molecule has 3 fully saturated rings. The first-order valence-corrected chi connectivity index (χ1v) is 21.7. The van der Waals surface area contributed by atoms with Gasteiger partial charge in [-0.25, -0.2) is 4.98 Å². The third kappa shape index (κ3) is 10.1. The summed E-state index contributed by atoms with van der Waals surface area (Å²) in [6.45, 7) is 2.20. The first kappa shape index (κ1) is 42.5. The van der Waals surface area contributed by atoms with Crippen LogP contribution in [0, 0.1) is 35.5 Å². The van der Waals surface area contributed by atoms with Crippen molar-refractivity contribution in [3.63, 3.8) is 0 Å². The molecule has 0 spiro atoms. The number of aromatic hydroxyl groups is 3. The summed E-state index contributed by atoms with van der Waals surface area (Å²) in [5.74, 6) is 7.15. The van der Waals surface area contributed by atoms with Crippen molar-refractivity contribution >= 4 is 17.7 Å². The first-order valence-electron chi connectivity index (χ1n) is 21.7. The maximum atomic E-state index is 12.6. The predicted molar refractivity (Wildman–Crippen MR) is 232 cm³/mol. The molecule has 326 valence electrons. The van der Waals surface area contributed by atoms with Crippen molar-refractivity contribution in [1.82, 2.24) is 15.3 Å². The van der Waals surface area contributed by atoms with Gasteiger partial charge in [0.2, 0.25) is 5.75 Å². The van der Waals surface area contributed by atoms with Gasteiger partial charge in [0.25, 0.3) is 0 Å². The second-order valence-corrected chi connectivity index (χ2v) is 16.9. The number of benzene rings is 2. The van der Waals surface area contributed by atoms with Crippen LogP contribution in [0.4, 0.5) is 5.82 Å². The van der Waals surface area contributed by atoms with Gasteiger partial charge in [0.15, 0.2) is 29.0 Å². The van der Waals surface area contributed by atoms with Gasteiger partial charge in [-0.3, -0.25) is 14.8 Å². The van der Waals surface area contributed by atoms with E-state index in [9.17, 15) is 20.1 Å². The van der Waals surface area contributed by atoms with Crippen LogP contribution in [0.15, 0.2) is 78.2 Å². The van der Waals surface area contributed by atoms with Crippen molar-refractivity contribution in [2.24, 2.45) is 34.4 Å². The van der Waals surface area contributed by atoms with E-state index in [0.29, 0.717) is 48.9 Å². The molecule has 1 saturated heterocycles. The Morgan fingerprint density at radius 1 is 0.984 bits per heavy atom. The number of guanidine groups is 1. The van der Waals surface area contributed by atoms with E-state index in [1.165, 1.54) is 13.0 Å². The highest BCUT2D eigenvalue weighted by molar-refractivity contribution is 5.78. The summed E-state index contributed by atoms with van der Waals surface area (Å²) in [4.78, 5) is 25.5. The van der Waals surface area contributed by atoms with Gasteiger partial charge in [0, 0.05) is 68.7 Å². The van der Waals surface area contributed by atoms with Crippen molar-refractivity contribution in [3.05, 3.63) is 95.4 Å². The number of nitrogen functional groups attached to an aromatic ring is 1. The SMILES string of the molecule is CC(=O)OC1CC(c2cc(O)c(O)c(OCCc3cccnc3)c2)OC2C3Cc4ccc(O)c(c4)OC4CCCC(NC(N)=NCCCc5ccnc(N)c5)C4C#CC3CCC12. The third-order valence-corrected chi connectivity index (χ3v) is 12.7. The standard InChI is InChI=1S/C48H56N6O8/c1-28(55)60-42-26-41(33-24-39(57)46(58)44(25-33)59-20-16-30-6-3-17-51-27-30)62-47-35(42)13-11-32-10-12-34-37(54-48(50)53-18-4-5-29-15-19-52-45(49)23-29)7-2-8-40(34)61-43-22-31(21-36(32)47)9-14-38(43)56/h3,6,9,14-15,17,19,22-25,27,32,34-37,40-42,47,56-58H,2,4-5,7-8,11,13,16,18,20-21,26H2,1H3,(H2,49,52)(H3,50,53,54). The minimum atomic E-state index is -0.599. The molecule has 62 heavy (non-hydrogen) atoms. The molecular weight excluding hydrogens is 789 g/mol. The molecule has 2 saturated carbocycles. The minimum Gasteiger partial charge on any atom is -0.504 e. The highest BCUT2D eigenvalue weighted by atomic mass is 16.6. The predicted octanol–water partition coefficient (Wildman–Crippen LogP) is 5.91. The lowest BCUT2D eigenvalue weighted by Crippen LogP contribution is -2.52. The molecule has 14 nitrogen and oxygen atoms in total. The Hall–Kier alpha value is -6.20. The second kappa shape index (κ2) is 19.2. The quantitative estimate of drug-likeness (QED) is 0.0259. The summed E-state index contributed by atoms with van der Waals surface area (Å²) in [5, 5.41) is 36.3. The van der Waals surface area contributed by atoms with Crippen molar-refractivity contribution < 1.29 is 39.1 Å². The summed E-state index contributed by atoms with van der Waals surface area (Å²) in [6.07, 6.45) is 10.4. The number of ether oxygens (including phenoxy) is 4. The summed E-state index contributed by atoms with van der Waals surface area (Å²) in [6, 6.07) is 16.2. The average molecular weight is 845 g/mol. The van der Waals surface area contributed by atoms with Gasteiger partial charge in [-0.2, -0.15) is 0 Å². The van der Waals surface area contributed by atoms with Crippen LogP contribution in [0.2, 0.25) is 0 Å². The van der Waals surface area contributed by atoms with E-state index in [2.05, 4.69) is 32.1 Å². The first-order chi connectivity index (χ1) is 30.1. The van der Waals surface area contributed by atoms with Crippen LogP contribution in [0.1, 0.15) is 80.2 Å². The van der Waals surface area contributed by atoms with E-state index in [1.54, 1.807) is 30.7 Å². The average Bonchev–Trinajstić information content (AvgIpc) is 3.27. The summed E-state index contributed by atoms with van der Waals surface area (Å²) in [5.41, 5.74) is 16.0. The smallest absolute Gasteiger partial charge is 0.302 e. The number of phenols is 3. The maximum Gasteiger partial charge on any atom is 0.302 e. The summed E-state index contributed by atoms with van der Waals surface area (Å²) >= 11 is 0. The number of anilines is 1. The van der Waals surface area contributed by atoms with Crippen LogP contribution in [-0.4, -0.2) is 74.7 Å². The van der Waals surface area contributed by atoms with Crippen LogP contribution < -0.4 is 26.3 Å². The molecule has 2 bridgehead atoms. The third-order valence-electron chi connectivity index (χ3n) is 12.7. The number of carbonyl (C=O) groups excluding carboxylic acids is 1. The van der Waals surface area contributed by atoms with Crippen molar-refractivity contribution in [2.45, 2.75) is 102 Å². The van der Waals surface area contributed by atoms with E-state index >= 15 is 0 Å². The number of rotatable bonds is 11. The maximum absolute atomic E-state index is 12.6. The van der Waals surface area contributed by atoms with E-state index in [1.807, 2.05) is 36.4 Å². The zero-order valence-electron chi connectivity index (χ0n) is 35.0. The number of nitrogens with one attached hydrogen (secondary N) is 1. The van der Waals surface area contributed by atoms with Crippen LogP contribution in [0.3, 0.4) is 0 Å². The number of phenolic OH excluding ortho intramolecular Hbond substituents is 3. The van der Waals surface area contributed by atoms with Gasteiger partial charge in [0.05, 0.1) is 24.7 Å². The zero-order chi connectivity index (χ0) is 43.2. The molecule has 14 heteroatoms. The van der Waals surface area contributed by atoms with Crippen LogP contribution in [0.25, 0.3) is 0 Å². The molecule has 2 aliphatic carbocycles. The van der Waals surface area contributed by atoms with Gasteiger partial charge in [-0.1, -0.05) is 24.0 Å². The number of nitrogens with zero attached hydrogens (tertiary/aromatic N) is 3. The number of fused-ring (bicyclic) bond motifs is 6. The lowest BCUT2D eigenvalue weighted by molar-refractivity contribution is -0.196. The van der Waals surface area contributed by atoms with Gasteiger partial charge in [-0.05, 0) is 116 Å². The Balaban J connectivity index is 1.06. The lowest BCUT2D eigenvalue weighted by Gasteiger charge is -2.49. The Morgan fingerprint density at radius 2 is 1.87 bits per heavy atom. The number of nitrogens with two attached hydrogens (primary N) is 2. The Morgan fingerprint density at radius 3 is 2.69 bits per heavy atom. The van der Waals surface area contributed by atoms with Gasteiger partial charge in [0.1, 0.15) is 18.0 Å². The number of carbonyl (C=O) groups is 1. The topological polar surface area (TPSA) is 217 Å². The molecule has 4 heterocycles. The fraction of sp³-hybridized carbons (Fsp3) is 0.458. The lowest BCUT2D eigenvalue weighted by atomic mass is 9.66. The normalized spacial score (nSPS) is 26.7. The Bertz CT molecular complexity index is 2300. The van der Waals surface area contributed by atoms with Crippen LogP contribution >= 0.6 is 0 Å². The summed E-state index contributed by atoms with van der Waals surface area (Å²) < 4.78 is 25.8. The molecule has 2 aliphatic heterocycles. The van der Waals surface area contributed by atoms with Gasteiger partial charge < -0.3 is 51.1 Å². The van der Waals surface area contributed by atoms with E-state index in [4.69, 9.17) is 30.4 Å². The number of aryl methyl sites for hydroxylation is 1. The number of pyridine rings is 2. The molecule has 0 radical (unpaired) electrons. The van der Waals surface area contributed by atoms with Gasteiger partial charge >= 0.3 is 5.97 Å². The minimum absolute atomic E-state index is 0.0550. The molecule has 9 unspecified atom stereocenters. The molecule has 0 amide bonds. The number of aliphatic imine (C=N–C) groups is 1. The fourth-order valence-electron chi connectivity index (χ4n) is 9.69. The number of aromatic nitrogens is 2. The molecule has 8 N–H and O–H groups in total. The van der Waals surface area contributed by atoms with Gasteiger partial charge in [-0.15, -0.1) is 0 Å². The van der Waals surface area contributed by atoms with Crippen molar-refractivity contribution in [2.75, 3.05) is 18.9 Å². The highest BCUT2D eigenvalue weighted by Crippen LogP contribution is 2.50. The van der Waals surface area contributed by atoms with E-state index < -0.39 is 18.3 Å². The molecule has 2 aromatic carbocycles. The van der Waals surface area contributed by atoms with E-state index in [0.717, 1.165) is 61.6 Å². The Labute approximate surface area is 362 Å². The molecule has 4 aliphatic rings. The van der Waals surface area contributed by atoms with Crippen molar-refractivity contribution in [1.29, 1.82) is 0 Å². The van der Waals surface area contributed by atoms with Crippen LogP contribution in [0.5, 0.6) is 28.7 Å². The second-order valence-electron chi connectivity index (χ2n) is 16.9. The number of hydrogen-bond donors (Lipinski definition) is 6. The fourth-order valence-corrected chi connectivity index (χ4v) is 9.69. The molecule has 4 aromatic rings. The highest BCUT2D eigenvalue weighted by Gasteiger charge is 2.49. The largest absolute Gasteiger partial charge is 0.504 e. The number of hydrogen-bond acceptors (Lipinski definition) is 12. The Kier molecular flexibility index (Phi) is 13.2. The van der Waals surface area contributed by atoms with E-state index in [-0.39, 0.29) is 71.4 Å². The van der Waals surface area contributed by atoms with Crippen molar-refractivity contribution in [3.8, 4) is 40.6 Å². The molecule has 8 rings (SSSR count). The zero-order valence-corrected chi connectivity index (χ0v) is 35.0.